The van der Waals surface area contributed by atoms with Gasteiger partial charge < -0.3 is 43.6 Å². The van der Waals surface area contributed by atoms with Crippen LogP contribution in [-0.4, -0.2) is 104 Å². The van der Waals surface area contributed by atoms with Gasteiger partial charge in [0.05, 0.1) is 85.9 Å². The van der Waals surface area contributed by atoms with Crippen LogP contribution in [-0.2, 0) is 33.2 Å². The predicted molar refractivity (Wildman–Crippen MR) is 149 cm³/mol. The minimum Gasteiger partial charge on any atom is -0.491 e. The maximum Gasteiger partial charge on any atom is 0.119 e. The van der Waals surface area contributed by atoms with Crippen molar-refractivity contribution in [1.29, 1.82) is 0 Å². The molecule has 2 N–H and O–H groups in total. The third-order valence-electron chi connectivity index (χ3n) is 4.78. The molecule has 0 unspecified atom stereocenters. The quantitative estimate of drug-likeness (QED) is 0.0645. The predicted octanol–water partition coefficient (Wildman–Crippen LogP) is 3.76. The molecule has 0 saturated heterocycles. The first-order chi connectivity index (χ1) is 17.8. The largest absolute Gasteiger partial charge is 0.491 e. The number of ether oxygens (including phenoxy) is 8. The highest BCUT2D eigenvalue weighted by molar-refractivity contribution is 14.1. The molecule has 9 nitrogen and oxygen atoms in total. The molecule has 0 aromatic heterocycles. The summed E-state index contributed by atoms with van der Waals surface area (Å²) in [6, 6.07) is 7.29. The molecule has 0 bridgehead atoms. The fourth-order valence-electron chi connectivity index (χ4n) is 2.86. The molecule has 0 amide bonds. The van der Waals surface area contributed by atoms with Crippen molar-refractivity contribution in [3.63, 3.8) is 0 Å². The molecule has 0 heterocycles. The van der Waals surface area contributed by atoms with Gasteiger partial charge in [-0.15, -0.1) is 0 Å². The van der Waals surface area contributed by atoms with Crippen LogP contribution in [0.5, 0.6) is 5.75 Å². The topological polar surface area (TPSA) is 99.9 Å². The van der Waals surface area contributed by atoms with Crippen molar-refractivity contribution >= 4 is 28.3 Å². The lowest BCUT2D eigenvalue weighted by Gasteiger charge is -2.09. The molecule has 10 heteroatoms. The van der Waals surface area contributed by atoms with Crippen molar-refractivity contribution in [2.45, 2.75) is 25.7 Å². The zero-order valence-electron chi connectivity index (χ0n) is 21.7. The van der Waals surface area contributed by atoms with Crippen LogP contribution >= 0.6 is 22.6 Å². The number of hydrogen-bond acceptors (Lipinski definition) is 9. The van der Waals surface area contributed by atoms with Crippen LogP contribution in [0.15, 0.2) is 24.3 Å². The van der Waals surface area contributed by atoms with Gasteiger partial charge in [-0.1, -0.05) is 35.4 Å². The normalized spacial score (nSPS) is 11.2. The molecule has 36 heavy (non-hydrogen) atoms. The molecule has 0 radical (unpaired) electrons. The van der Waals surface area contributed by atoms with Crippen LogP contribution in [0.3, 0.4) is 0 Å². The summed E-state index contributed by atoms with van der Waals surface area (Å²) in [6.07, 6.45) is 4.99. The Morgan fingerprint density at radius 1 is 0.444 bits per heavy atom. The van der Waals surface area contributed by atoms with Crippen molar-refractivity contribution in [1.82, 2.24) is 0 Å². The second-order valence-corrected chi connectivity index (χ2v) is 8.89. The molecular formula is C26H46INO8. The smallest absolute Gasteiger partial charge is 0.119 e. The van der Waals surface area contributed by atoms with E-state index in [1.807, 2.05) is 12.1 Å². The van der Waals surface area contributed by atoms with E-state index >= 15 is 0 Å². The van der Waals surface area contributed by atoms with Crippen molar-refractivity contribution in [3.8, 4) is 5.75 Å². The van der Waals surface area contributed by atoms with Crippen LogP contribution in [0.2, 0.25) is 0 Å². The van der Waals surface area contributed by atoms with E-state index in [9.17, 15) is 0 Å². The Bertz CT molecular complexity index is 567. The molecule has 1 aromatic carbocycles. The number of benzene rings is 1. The minimum atomic E-state index is 0.487. The van der Waals surface area contributed by atoms with E-state index in [0.29, 0.717) is 92.5 Å². The molecule has 0 aliphatic carbocycles. The lowest BCUT2D eigenvalue weighted by molar-refractivity contribution is -0.0213. The van der Waals surface area contributed by atoms with Crippen molar-refractivity contribution in [2.75, 3.05) is 109 Å². The summed E-state index contributed by atoms with van der Waals surface area (Å²) in [5.41, 5.74) is 6.35. The van der Waals surface area contributed by atoms with Gasteiger partial charge in [0.15, 0.2) is 0 Å². The fourth-order valence-corrected chi connectivity index (χ4v) is 3.40. The number of nitrogens with two attached hydrogens (primary N) is 1. The Labute approximate surface area is 230 Å². The zero-order valence-corrected chi connectivity index (χ0v) is 23.8. The first-order valence-electron chi connectivity index (χ1n) is 12.9. The minimum absolute atomic E-state index is 0.487. The van der Waals surface area contributed by atoms with E-state index in [4.69, 9.17) is 43.6 Å². The third kappa shape index (κ3) is 23.7. The zero-order chi connectivity index (χ0) is 25.8. The van der Waals surface area contributed by atoms with E-state index in [0.717, 1.165) is 24.5 Å². The molecule has 0 fully saturated rings. The van der Waals surface area contributed by atoms with Gasteiger partial charge in [0, 0.05) is 12.3 Å². The number of hydrogen-bond donors (Lipinski definition) is 1. The van der Waals surface area contributed by atoms with Gasteiger partial charge in [0.2, 0.25) is 0 Å². The Kier molecular flexibility index (Phi) is 25.3. The summed E-state index contributed by atoms with van der Waals surface area (Å²) in [5.74, 6) is 0.780. The first kappa shape index (κ1) is 33.3. The van der Waals surface area contributed by atoms with Crippen molar-refractivity contribution in [2.24, 2.45) is 0 Å². The molecule has 0 aliphatic heterocycles. The Balaban J connectivity index is 1.65. The van der Waals surface area contributed by atoms with E-state index in [1.54, 1.807) is 12.1 Å². The standard InChI is InChI=1S/C26H46INO8/c27-9-3-1-2-4-10-29-11-12-30-13-14-31-15-16-32-17-18-33-19-20-34-21-22-35-23-24-36-26-7-5-25(28)6-8-26/h5-8H,1-4,9-24,28H2. The number of unbranched alkanes of at least 4 members (excludes halogenated alkanes) is 3. The maximum atomic E-state index is 5.63. The van der Waals surface area contributed by atoms with E-state index < -0.39 is 0 Å². The van der Waals surface area contributed by atoms with Crippen molar-refractivity contribution in [3.05, 3.63) is 24.3 Å². The molecule has 1 rings (SSSR count). The molecule has 0 aliphatic rings. The van der Waals surface area contributed by atoms with Gasteiger partial charge >= 0.3 is 0 Å². The number of halogens is 1. The molecule has 0 atom stereocenters. The Morgan fingerprint density at radius 2 is 0.806 bits per heavy atom. The highest BCUT2D eigenvalue weighted by Crippen LogP contribution is 2.12. The number of anilines is 1. The van der Waals surface area contributed by atoms with Gasteiger partial charge in [-0.3, -0.25) is 0 Å². The highest BCUT2D eigenvalue weighted by Gasteiger charge is 1.96. The summed E-state index contributed by atoms with van der Waals surface area (Å²) in [4.78, 5) is 0. The van der Waals surface area contributed by atoms with Gasteiger partial charge in [0.25, 0.3) is 0 Å². The first-order valence-corrected chi connectivity index (χ1v) is 14.4. The SMILES string of the molecule is Nc1ccc(OCCOCCOCCOCCOCCOCCOCCOCCCCCCI)cc1. The fraction of sp³-hybridized carbons (Fsp3) is 0.769. The summed E-state index contributed by atoms with van der Waals surface area (Å²) < 4.78 is 45.2. The van der Waals surface area contributed by atoms with Crippen LogP contribution in [0.4, 0.5) is 5.69 Å². The van der Waals surface area contributed by atoms with Gasteiger partial charge in [-0.25, -0.2) is 0 Å². The van der Waals surface area contributed by atoms with Crippen LogP contribution < -0.4 is 10.5 Å². The lowest BCUT2D eigenvalue weighted by Crippen LogP contribution is -2.15. The van der Waals surface area contributed by atoms with E-state index in [1.165, 1.54) is 23.7 Å². The second kappa shape index (κ2) is 27.3. The van der Waals surface area contributed by atoms with Gasteiger partial charge in [-0.05, 0) is 41.5 Å². The molecule has 0 spiro atoms. The van der Waals surface area contributed by atoms with E-state index in [2.05, 4.69) is 22.6 Å². The lowest BCUT2D eigenvalue weighted by atomic mass is 10.2. The molecule has 210 valence electrons. The Morgan fingerprint density at radius 3 is 1.22 bits per heavy atom. The van der Waals surface area contributed by atoms with Gasteiger partial charge in [0.1, 0.15) is 12.4 Å². The summed E-state index contributed by atoms with van der Waals surface area (Å²) >= 11 is 2.42. The number of nitrogen functional groups attached to an aromatic ring is 1. The maximum absolute atomic E-state index is 5.63. The molecule has 1 aromatic rings. The summed E-state index contributed by atoms with van der Waals surface area (Å²) in [7, 11) is 0. The van der Waals surface area contributed by atoms with Crippen LogP contribution in [0, 0.1) is 0 Å². The summed E-state index contributed by atoms with van der Waals surface area (Å²) in [5, 5.41) is 0. The third-order valence-corrected chi connectivity index (χ3v) is 5.54. The van der Waals surface area contributed by atoms with Crippen LogP contribution in [0.25, 0.3) is 0 Å². The Hall–Kier alpha value is -0.730. The second-order valence-electron chi connectivity index (χ2n) is 7.81. The van der Waals surface area contributed by atoms with Crippen molar-refractivity contribution < 1.29 is 37.9 Å². The van der Waals surface area contributed by atoms with Gasteiger partial charge in [-0.2, -0.15) is 0 Å². The monoisotopic (exact) mass is 627 g/mol. The number of rotatable bonds is 28. The average Bonchev–Trinajstić information content (AvgIpc) is 2.89. The molecular weight excluding hydrogens is 581 g/mol. The highest BCUT2D eigenvalue weighted by atomic mass is 127. The van der Waals surface area contributed by atoms with Crippen LogP contribution in [0.1, 0.15) is 25.7 Å². The average molecular weight is 628 g/mol. The van der Waals surface area contributed by atoms with E-state index in [-0.39, 0.29) is 0 Å². The molecule has 0 saturated carbocycles. The number of alkyl halides is 1. The summed E-state index contributed by atoms with van der Waals surface area (Å²) in [6.45, 7) is 8.47.